The molecule has 0 amide bonds. The molecule has 0 atom stereocenters. The molecule has 0 unspecified atom stereocenters. The summed E-state index contributed by atoms with van der Waals surface area (Å²) in [7, 11) is 0. The van der Waals surface area contributed by atoms with Gasteiger partial charge in [-0.1, -0.05) is 56.0 Å². The molecule has 0 bridgehead atoms. The van der Waals surface area contributed by atoms with Crippen LogP contribution in [0.15, 0.2) is 62.3 Å². The van der Waals surface area contributed by atoms with Crippen molar-refractivity contribution in [1.82, 2.24) is 0 Å². The molecular formula is C16H30. The van der Waals surface area contributed by atoms with Crippen LogP contribution in [0.4, 0.5) is 0 Å². The standard InChI is InChI=1S/3C4H8.C4H6/c1-4(2)3;3*1-3-4-2/h1H2,2-3H3;3-4H,1-2H3;3H,1,4H2,2H3;3-4H,1-2H2. The maximum Gasteiger partial charge on any atom is -0.0382 e. The maximum absolute atomic E-state index is 3.56. The van der Waals surface area contributed by atoms with Crippen molar-refractivity contribution in [3.63, 3.8) is 0 Å². The lowest BCUT2D eigenvalue weighted by Crippen LogP contribution is -1.43. The number of hydrogen-bond acceptors (Lipinski definition) is 0. The zero-order chi connectivity index (χ0) is 13.8. The van der Waals surface area contributed by atoms with Crippen LogP contribution in [0, 0.1) is 0 Å². The Balaban J connectivity index is -0.0000000600. The van der Waals surface area contributed by atoms with Gasteiger partial charge in [0.05, 0.1) is 0 Å². The van der Waals surface area contributed by atoms with E-state index in [4.69, 9.17) is 0 Å². The minimum absolute atomic E-state index is 1.08. The molecule has 0 heteroatoms. The first kappa shape index (κ1) is 24.1. The Morgan fingerprint density at radius 3 is 1.12 bits per heavy atom. The van der Waals surface area contributed by atoms with E-state index in [0.717, 1.165) is 6.42 Å². The Bertz CT molecular complexity index is 156. The fourth-order valence-electron chi connectivity index (χ4n) is 0. The second kappa shape index (κ2) is 37.3. The van der Waals surface area contributed by atoms with Crippen molar-refractivity contribution in [3.8, 4) is 0 Å². The molecule has 0 N–H and O–H groups in total. The van der Waals surface area contributed by atoms with Crippen LogP contribution in [0.2, 0.25) is 0 Å². The van der Waals surface area contributed by atoms with E-state index in [-0.39, 0.29) is 0 Å². The molecule has 16 heavy (non-hydrogen) atoms. The number of hydrogen-bond donors (Lipinski definition) is 0. The van der Waals surface area contributed by atoms with Crippen LogP contribution in [-0.4, -0.2) is 0 Å². The summed E-state index contributed by atoms with van der Waals surface area (Å²) in [5.41, 5.74) is 1.17. The van der Waals surface area contributed by atoms with E-state index in [1.54, 1.807) is 12.2 Å². The largest absolute Gasteiger partial charge is 0.103 e. The highest BCUT2D eigenvalue weighted by Crippen LogP contribution is 1.73. The van der Waals surface area contributed by atoms with E-state index >= 15 is 0 Å². The number of rotatable bonds is 2. The van der Waals surface area contributed by atoms with Crippen LogP contribution in [0.3, 0.4) is 0 Å². The van der Waals surface area contributed by atoms with Crippen LogP contribution in [0.5, 0.6) is 0 Å². The third-order valence-electron chi connectivity index (χ3n) is 0.789. The van der Waals surface area contributed by atoms with Gasteiger partial charge in [0.2, 0.25) is 0 Å². The summed E-state index contributed by atoms with van der Waals surface area (Å²) in [6.45, 7) is 23.8. The van der Waals surface area contributed by atoms with Gasteiger partial charge in [-0.15, -0.1) is 13.2 Å². The summed E-state index contributed by atoms with van der Waals surface area (Å²) in [5, 5.41) is 0. The molecule has 94 valence electrons. The molecule has 0 rings (SSSR count). The highest BCUT2D eigenvalue weighted by Gasteiger charge is 1.51. The molecule has 0 aliphatic rings. The monoisotopic (exact) mass is 222 g/mol. The molecule has 0 nitrogen and oxygen atoms in total. The first-order valence-corrected chi connectivity index (χ1v) is 5.52. The van der Waals surface area contributed by atoms with Gasteiger partial charge in [0.25, 0.3) is 0 Å². The van der Waals surface area contributed by atoms with Crippen LogP contribution in [-0.2, 0) is 0 Å². The Kier molecular flexibility index (Phi) is 56.1. The molecule has 0 aromatic heterocycles. The fourth-order valence-corrected chi connectivity index (χ4v) is 0. The summed E-state index contributed by atoms with van der Waals surface area (Å²) >= 11 is 0. The summed E-state index contributed by atoms with van der Waals surface area (Å²) in [6.07, 6.45) is 10.2. The third-order valence-corrected chi connectivity index (χ3v) is 0.789. The van der Waals surface area contributed by atoms with E-state index in [1.165, 1.54) is 5.57 Å². The average Bonchev–Trinajstić information content (AvgIpc) is 2.28. The third kappa shape index (κ3) is 602. The predicted octanol–water partition coefficient (Wildman–Crippen LogP) is 6.11. The Hall–Kier alpha value is -1.30. The van der Waals surface area contributed by atoms with Gasteiger partial charge in [0.15, 0.2) is 0 Å². The highest BCUT2D eigenvalue weighted by atomic mass is 13.6. The van der Waals surface area contributed by atoms with Gasteiger partial charge in [0, 0.05) is 0 Å². The molecule has 0 saturated heterocycles. The molecule has 0 aliphatic heterocycles. The summed E-state index contributed by atoms with van der Waals surface area (Å²) in [6, 6.07) is 0. The lowest BCUT2D eigenvalue weighted by atomic mass is 10.4. The summed E-state index contributed by atoms with van der Waals surface area (Å²) in [4.78, 5) is 0. The lowest BCUT2D eigenvalue weighted by molar-refractivity contribution is 1.23. The highest BCUT2D eigenvalue weighted by molar-refractivity contribution is 4.88. The van der Waals surface area contributed by atoms with Crippen LogP contribution < -0.4 is 0 Å². The molecule has 0 fully saturated rings. The van der Waals surface area contributed by atoms with E-state index < -0.39 is 0 Å². The Labute approximate surface area is 104 Å². The van der Waals surface area contributed by atoms with Crippen molar-refractivity contribution in [3.05, 3.63) is 62.3 Å². The van der Waals surface area contributed by atoms with Gasteiger partial charge in [0.1, 0.15) is 0 Å². The van der Waals surface area contributed by atoms with Crippen molar-refractivity contribution in [1.29, 1.82) is 0 Å². The molecule has 0 spiro atoms. The molecule has 0 saturated carbocycles. The maximum atomic E-state index is 3.56. The molecule has 0 radical (unpaired) electrons. The van der Waals surface area contributed by atoms with E-state index in [2.05, 4.69) is 33.2 Å². The second-order valence-electron chi connectivity index (χ2n) is 3.04. The molecule has 0 heterocycles. The molecule has 0 aliphatic carbocycles. The van der Waals surface area contributed by atoms with Gasteiger partial charge in [-0.2, -0.15) is 0 Å². The van der Waals surface area contributed by atoms with Gasteiger partial charge in [-0.3, -0.25) is 0 Å². The van der Waals surface area contributed by atoms with Crippen LogP contribution in [0.1, 0.15) is 41.0 Å². The number of allylic oxidation sites excluding steroid dienone is 6. The van der Waals surface area contributed by atoms with E-state index in [0.29, 0.717) is 0 Å². The minimum atomic E-state index is 1.08. The van der Waals surface area contributed by atoms with Crippen molar-refractivity contribution in [2.75, 3.05) is 0 Å². The van der Waals surface area contributed by atoms with Gasteiger partial charge in [-0.05, 0) is 34.1 Å². The van der Waals surface area contributed by atoms with Crippen molar-refractivity contribution in [2.45, 2.75) is 41.0 Å². The van der Waals surface area contributed by atoms with Gasteiger partial charge < -0.3 is 0 Å². The van der Waals surface area contributed by atoms with Crippen molar-refractivity contribution < 1.29 is 0 Å². The van der Waals surface area contributed by atoms with Gasteiger partial charge >= 0.3 is 0 Å². The van der Waals surface area contributed by atoms with E-state index in [9.17, 15) is 0 Å². The molecule has 0 aromatic carbocycles. The normalized spacial score (nSPS) is 6.81. The van der Waals surface area contributed by atoms with Gasteiger partial charge in [-0.25, -0.2) is 0 Å². The quantitative estimate of drug-likeness (QED) is 0.391. The van der Waals surface area contributed by atoms with Crippen molar-refractivity contribution >= 4 is 0 Å². The first-order valence-electron chi connectivity index (χ1n) is 5.52. The average molecular weight is 222 g/mol. The summed E-state index contributed by atoms with van der Waals surface area (Å²) in [5.74, 6) is 0. The van der Waals surface area contributed by atoms with Crippen LogP contribution in [0.25, 0.3) is 0 Å². The molecular weight excluding hydrogens is 192 g/mol. The summed E-state index contributed by atoms with van der Waals surface area (Å²) < 4.78 is 0. The van der Waals surface area contributed by atoms with Crippen molar-refractivity contribution in [2.24, 2.45) is 0 Å². The zero-order valence-corrected chi connectivity index (χ0v) is 11.9. The Morgan fingerprint density at radius 1 is 0.938 bits per heavy atom. The van der Waals surface area contributed by atoms with E-state index in [1.807, 2.05) is 45.9 Å². The van der Waals surface area contributed by atoms with Crippen LogP contribution >= 0.6 is 0 Å². The lowest BCUT2D eigenvalue weighted by Gasteiger charge is -1.65. The smallest absolute Gasteiger partial charge is 0.0382 e. The second-order valence-corrected chi connectivity index (χ2v) is 3.04. The minimum Gasteiger partial charge on any atom is -0.103 e. The Morgan fingerprint density at radius 2 is 1.12 bits per heavy atom. The predicted molar refractivity (Wildman–Crippen MR) is 81.9 cm³/mol. The topological polar surface area (TPSA) is 0 Å². The first-order chi connectivity index (χ1) is 7.47. The fraction of sp³-hybridized carbons (Fsp3) is 0.375. The zero-order valence-electron chi connectivity index (χ0n) is 11.9. The SMILES string of the molecule is C=C(C)C.C=CC=C.C=CCC.CC=CC. The molecule has 0 aromatic rings.